The van der Waals surface area contributed by atoms with Gasteiger partial charge in [-0.3, -0.25) is 9.82 Å². The Hall–Kier alpha value is -1.39. The van der Waals surface area contributed by atoms with E-state index >= 15 is 0 Å². The van der Waals surface area contributed by atoms with Gasteiger partial charge in [0.1, 0.15) is 12.2 Å². The Morgan fingerprint density at radius 3 is 2.18 bits per heavy atom. The van der Waals surface area contributed by atoms with E-state index in [1.54, 1.807) is 0 Å². The zero-order valence-electron chi connectivity index (χ0n) is 20.8. The van der Waals surface area contributed by atoms with Crippen LogP contribution in [0.2, 0.25) is 0 Å². The van der Waals surface area contributed by atoms with E-state index in [0.29, 0.717) is 6.54 Å². The zero-order valence-corrected chi connectivity index (χ0v) is 20.8. The van der Waals surface area contributed by atoms with E-state index in [-0.39, 0.29) is 6.61 Å². The van der Waals surface area contributed by atoms with Gasteiger partial charge in [0.25, 0.3) is 0 Å². The van der Waals surface area contributed by atoms with Crippen LogP contribution in [-0.2, 0) is 16.0 Å². The summed E-state index contributed by atoms with van der Waals surface area (Å²) in [5.74, 6) is 0. The Labute approximate surface area is 205 Å². The molecule has 0 spiro atoms. The Morgan fingerprint density at radius 2 is 1.59 bits per heavy atom. The van der Waals surface area contributed by atoms with Crippen molar-refractivity contribution in [3.8, 4) is 0 Å². The summed E-state index contributed by atoms with van der Waals surface area (Å²) in [6.45, 7) is -0.807. The summed E-state index contributed by atoms with van der Waals surface area (Å²) in [7, 11) is 1.49. The fourth-order valence-corrected chi connectivity index (χ4v) is 3.74. The smallest absolute Gasteiger partial charge is 0.156 e. The molecule has 1 heterocycles. The van der Waals surface area contributed by atoms with Crippen LogP contribution in [0.15, 0.2) is 36.7 Å². The first-order chi connectivity index (χ1) is 16.7. The highest BCUT2D eigenvalue weighted by Gasteiger charge is 2.26. The normalized spacial score (nSPS) is 14.6. The molecule has 0 aromatic carbocycles. The molecule has 3 atom stereocenters. The molecule has 1 unspecified atom stereocenters. The van der Waals surface area contributed by atoms with Crippen molar-refractivity contribution in [2.45, 2.75) is 89.1 Å². The molecule has 8 heteroatoms. The third kappa shape index (κ3) is 14.1. The molecule has 1 aromatic rings. The number of aromatic nitrogens is 1. The predicted molar refractivity (Wildman–Crippen MR) is 133 cm³/mol. The van der Waals surface area contributed by atoms with E-state index in [9.17, 15) is 15.3 Å². The van der Waals surface area contributed by atoms with Crippen LogP contribution in [0.4, 0.5) is 0 Å². The van der Waals surface area contributed by atoms with Crippen molar-refractivity contribution in [1.29, 1.82) is 0 Å². The fourth-order valence-electron chi connectivity index (χ4n) is 3.74. The average Bonchev–Trinajstić information content (AvgIpc) is 2.88. The summed E-state index contributed by atoms with van der Waals surface area (Å²) in [4.78, 5) is 9.45. The predicted octanol–water partition coefficient (Wildman–Crippen LogP) is 2.99. The number of pyridine rings is 1. The number of unbranched alkanes of at least 4 members (excludes halogenated alkanes) is 8. The van der Waals surface area contributed by atoms with E-state index in [1.165, 1.54) is 56.3 Å². The third-order valence-corrected chi connectivity index (χ3v) is 5.81. The molecule has 0 saturated carbocycles. The summed E-state index contributed by atoms with van der Waals surface area (Å²) < 4.78 is 5.51. The van der Waals surface area contributed by atoms with Gasteiger partial charge in [0, 0.05) is 18.9 Å². The molecule has 4 N–H and O–H groups in total. The Balaban J connectivity index is 2.04. The molecule has 8 nitrogen and oxygen atoms in total. The summed E-state index contributed by atoms with van der Waals surface area (Å²) in [5, 5.41) is 39.1. The minimum Gasteiger partial charge on any atom is -0.394 e. The first-order valence-corrected chi connectivity index (χ1v) is 12.7. The molecular weight excluding hydrogens is 436 g/mol. The first kappa shape index (κ1) is 30.6. The van der Waals surface area contributed by atoms with Crippen LogP contribution in [-0.4, -0.2) is 82.4 Å². The molecule has 0 aliphatic heterocycles. The zero-order chi connectivity index (χ0) is 24.9. The molecule has 0 saturated heterocycles. The highest BCUT2D eigenvalue weighted by atomic mass is 16.7. The number of aliphatic hydroxyl groups is 4. The van der Waals surface area contributed by atoms with E-state index in [2.05, 4.69) is 23.2 Å². The highest BCUT2D eigenvalue weighted by Crippen LogP contribution is 2.12. The number of hydrogen-bond acceptors (Lipinski definition) is 8. The molecule has 0 bridgehead atoms. The number of hydroxylamine groups is 2. The van der Waals surface area contributed by atoms with Crippen LogP contribution in [0.1, 0.15) is 69.8 Å². The van der Waals surface area contributed by atoms with Gasteiger partial charge < -0.3 is 25.2 Å². The number of rotatable bonds is 22. The maximum atomic E-state index is 9.67. The van der Waals surface area contributed by atoms with Crippen LogP contribution in [0.5, 0.6) is 0 Å². The SMILES string of the molecule is CON(CCCC/C=C\CCCCCCCCc1cccnc1)[C@@H](CO)OC(CO)[C@@H](O)CO. The van der Waals surface area contributed by atoms with Crippen LogP contribution in [0.25, 0.3) is 0 Å². The quantitative estimate of drug-likeness (QED) is 0.0863. The summed E-state index contributed by atoms with van der Waals surface area (Å²) >= 11 is 0. The number of nitrogens with zero attached hydrogens (tertiary/aromatic N) is 2. The molecule has 34 heavy (non-hydrogen) atoms. The highest BCUT2D eigenvalue weighted by molar-refractivity contribution is 5.08. The maximum absolute atomic E-state index is 9.67. The lowest BCUT2D eigenvalue weighted by Crippen LogP contribution is -2.46. The number of allylic oxidation sites excluding steroid dienone is 2. The Morgan fingerprint density at radius 1 is 0.912 bits per heavy atom. The van der Waals surface area contributed by atoms with Crippen LogP contribution in [0, 0.1) is 0 Å². The van der Waals surface area contributed by atoms with Crippen molar-refractivity contribution in [3.63, 3.8) is 0 Å². The molecule has 1 rings (SSSR count). The summed E-state index contributed by atoms with van der Waals surface area (Å²) in [6.07, 6.45) is 17.9. The minimum atomic E-state index is -1.22. The minimum absolute atomic E-state index is 0.354. The van der Waals surface area contributed by atoms with E-state index in [0.717, 1.165) is 32.1 Å². The van der Waals surface area contributed by atoms with Crippen molar-refractivity contribution < 1.29 is 30.0 Å². The molecule has 0 fully saturated rings. The van der Waals surface area contributed by atoms with E-state index in [1.807, 2.05) is 18.5 Å². The van der Waals surface area contributed by atoms with Gasteiger partial charge in [0.2, 0.25) is 0 Å². The summed E-state index contributed by atoms with van der Waals surface area (Å²) in [5.41, 5.74) is 1.33. The largest absolute Gasteiger partial charge is 0.394 e. The number of ether oxygens (including phenoxy) is 1. The molecule has 196 valence electrons. The molecule has 0 aliphatic rings. The van der Waals surface area contributed by atoms with Crippen molar-refractivity contribution in [1.82, 2.24) is 10.0 Å². The Kier molecular flexibility index (Phi) is 18.9. The third-order valence-electron chi connectivity index (χ3n) is 5.81. The average molecular weight is 483 g/mol. The number of aryl methyl sites for hydroxylation is 1. The topological polar surface area (TPSA) is 116 Å². The van der Waals surface area contributed by atoms with Crippen LogP contribution >= 0.6 is 0 Å². The summed E-state index contributed by atoms with van der Waals surface area (Å²) in [6, 6.07) is 4.15. The molecular formula is C26H46N2O6. The fraction of sp³-hybridized carbons (Fsp3) is 0.731. The van der Waals surface area contributed by atoms with Crippen molar-refractivity contribution in [3.05, 3.63) is 42.2 Å². The maximum Gasteiger partial charge on any atom is 0.156 e. The monoisotopic (exact) mass is 482 g/mol. The standard InChI is InChI=1S/C26H46N2O6/c1-33-28(26(22-31)34-25(21-30)24(32)20-29)18-13-11-9-7-5-3-2-4-6-8-10-12-15-23-16-14-17-27-19-23/h5,7,14,16-17,19,24-26,29-32H,2-4,6,8-13,15,18,20-22H2,1H3/b7-5-/t24-,25?,26+/m0/s1. The van der Waals surface area contributed by atoms with Gasteiger partial charge in [-0.2, -0.15) is 5.06 Å². The number of aliphatic hydroxyl groups excluding tert-OH is 4. The molecule has 0 radical (unpaired) electrons. The number of hydrogen-bond donors (Lipinski definition) is 4. The van der Waals surface area contributed by atoms with E-state index in [4.69, 9.17) is 14.7 Å². The molecule has 0 amide bonds. The van der Waals surface area contributed by atoms with Gasteiger partial charge in [-0.25, -0.2) is 0 Å². The van der Waals surface area contributed by atoms with Crippen molar-refractivity contribution >= 4 is 0 Å². The van der Waals surface area contributed by atoms with Gasteiger partial charge >= 0.3 is 0 Å². The van der Waals surface area contributed by atoms with Gasteiger partial charge in [-0.15, -0.1) is 0 Å². The Bertz CT molecular complexity index is 604. The molecule has 1 aromatic heterocycles. The van der Waals surface area contributed by atoms with Gasteiger partial charge in [-0.1, -0.05) is 43.9 Å². The van der Waals surface area contributed by atoms with Crippen LogP contribution < -0.4 is 0 Å². The van der Waals surface area contributed by atoms with Gasteiger partial charge in [0.15, 0.2) is 6.23 Å². The van der Waals surface area contributed by atoms with Gasteiger partial charge in [0.05, 0.1) is 26.9 Å². The van der Waals surface area contributed by atoms with E-state index < -0.39 is 31.6 Å². The van der Waals surface area contributed by atoms with Gasteiger partial charge in [-0.05, 0) is 56.6 Å². The second-order valence-electron chi connectivity index (χ2n) is 8.56. The first-order valence-electron chi connectivity index (χ1n) is 12.7. The van der Waals surface area contributed by atoms with Crippen molar-refractivity contribution in [2.24, 2.45) is 0 Å². The second kappa shape index (κ2) is 20.9. The second-order valence-corrected chi connectivity index (χ2v) is 8.56. The van der Waals surface area contributed by atoms with Crippen molar-refractivity contribution in [2.75, 3.05) is 33.5 Å². The lowest BCUT2D eigenvalue weighted by atomic mass is 10.1. The van der Waals surface area contributed by atoms with Crippen LogP contribution in [0.3, 0.4) is 0 Å². The lowest BCUT2D eigenvalue weighted by molar-refractivity contribution is -0.271. The molecule has 0 aliphatic carbocycles. The lowest BCUT2D eigenvalue weighted by Gasteiger charge is -2.32.